The molecule has 0 aliphatic rings. The first kappa shape index (κ1) is 17.7. The van der Waals surface area contributed by atoms with Gasteiger partial charge >= 0.3 is 0 Å². The first-order valence-corrected chi connectivity index (χ1v) is 9.18. The molecule has 0 saturated heterocycles. The molecule has 122 valence electrons. The lowest BCUT2D eigenvalue weighted by Gasteiger charge is -2.09. The van der Waals surface area contributed by atoms with Crippen molar-refractivity contribution in [1.29, 1.82) is 0 Å². The second-order valence-corrected chi connectivity index (χ2v) is 7.76. The zero-order chi connectivity index (χ0) is 17.0. The molecule has 2 aromatic carbocycles. The maximum atomic E-state index is 12.3. The Kier molecular flexibility index (Phi) is 5.56. The fraction of sp³-hybridized carbons (Fsp3) is 0.188. The van der Waals surface area contributed by atoms with Gasteiger partial charge in [-0.25, -0.2) is 13.1 Å². The van der Waals surface area contributed by atoms with E-state index in [1.165, 1.54) is 19.2 Å². The summed E-state index contributed by atoms with van der Waals surface area (Å²) >= 11 is 3.28. The second-order valence-electron chi connectivity index (χ2n) is 5.02. The molecule has 2 aromatic rings. The molecular weight excluding hydrogens is 380 g/mol. The fourth-order valence-electron chi connectivity index (χ4n) is 1.95. The zero-order valence-corrected chi connectivity index (χ0v) is 15.2. The number of carbonyl (C=O) groups is 1. The molecule has 2 N–H and O–H groups in total. The molecule has 0 unspecified atom stereocenters. The van der Waals surface area contributed by atoms with Crippen LogP contribution in [0.1, 0.15) is 21.5 Å². The van der Waals surface area contributed by atoms with Gasteiger partial charge in [-0.1, -0.05) is 29.8 Å². The smallest absolute Gasteiger partial charge is 0.252 e. The van der Waals surface area contributed by atoms with E-state index in [4.69, 9.17) is 0 Å². The molecule has 0 bridgehead atoms. The normalized spacial score (nSPS) is 11.3. The summed E-state index contributed by atoms with van der Waals surface area (Å²) in [7, 11) is -2.27. The lowest BCUT2D eigenvalue weighted by Crippen LogP contribution is -2.24. The van der Waals surface area contributed by atoms with Crippen molar-refractivity contribution in [3.05, 3.63) is 63.6 Å². The van der Waals surface area contributed by atoms with Gasteiger partial charge in [0.2, 0.25) is 10.0 Å². The number of hydrogen-bond acceptors (Lipinski definition) is 3. The lowest BCUT2D eigenvalue weighted by molar-refractivity contribution is 0.0950. The van der Waals surface area contributed by atoms with E-state index in [-0.39, 0.29) is 16.4 Å². The Labute approximate surface area is 144 Å². The van der Waals surface area contributed by atoms with E-state index in [9.17, 15) is 13.2 Å². The number of halogens is 1. The number of nitrogens with one attached hydrogen (secondary N) is 2. The highest BCUT2D eigenvalue weighted by molar-refractivity contribution is 9.10. The Morgan fingerprint density at radius 2 is 1.78 bits per heavy atom. The average Bonchev–Trinajstić information content (AvgIpc) is 2.54. The summed E-state index contributed by atoms with van der Waals surface area (Å²) in [6.07, 6.45) is 0. The van der Waals surface area contributed by atoms with E-state index < -0.39 is 10.0 Å². The molecule has 0 heterocycles. The first-order chi connectivity index (χ1) is 10.8. The Bertz CT molecular complexity index is 818. The Hall–Kier alpha value is -1.70. The van der Waals surface area contributed by atoms with E-state index in [0.29, 0.717) is 11.0 Å². The molecule has 0 aliphatic heterocycles. The summed E-state index contributed by atoms with van der Waals surface area (Å²) in [6, 6.07) is 12.1. The molecule has 0 spiro atoms. The Morgan fingerprint density at radius 1 is 1.13 bits per heavy atom. The van der Waals surface area contributed by atoms with Crippen LogP contribution in [0.3, 0.4) is 0 Å². The molecule has 0 fully saturated rings. The Balaban J connectivity index is 2.18. The molecule has 1 amide bonds. The quantitative estimate of drug-likeness (QED) is 0.815. The van der Waals surface area contributed by atoms with Crippen LogP contribution >= 0.6 is 15.9 Å². The van der Waals surface area contributed by atoms with Crippen molar-refractivity contribution >= 4 is 31.9 Å². The predicted octanol–water partition coefficient (Wildman–Crippen LogP) is 2.60. The number of sulfonamides is 1. The number of benzene rings is 2. The summed E-state index contributed by atoms with van der Waals surface area (Å²) in [5, 5.41) is 2.79. The van der Waals surface area contributed by atoms with Gasteiger partial charge in [0, 0.05) is 11.0 Å². The highest BCUT2D eigenvalue weighted by Gasteiger charge is 2.17. The average molecular weight is 397 g/mol. The minimum atomic E-state index is -3.59. The van der Waals surface area contributed by atoms with Gasteiger partial charge in [0.1, 0.15) is 0 Å². The van der Waals surface area contributed by atoms with Gasteiger partial charge in [-0.2, -0.15) is 0 Å². The van der Waals surface area contributed by atoms with Crippen molar-refractivity contribution in [1.82, 2.24) is 10.0 Å². The van der Waals surface area contributed by atoms with Crippen molar-refractivity contribution in [2.45, 2.75) is 18.4 Å². The van der Waals surface area contributed by atoms with Crippen LogP contribution in [0.15, 0.2) is 51.8 Å². The van der Waals surface area contributed by atoms with Crippen molar-refractivity contribution < 1.29 is 13.2 Å². The number of carbonyl (C=O) groups excluding carboxylic acids is 1. The summed E-state index contributed by atoms with van der Waals surface area (Å²) in [5.41, 5.74) is 2.39. The first-order valence-electron chi connectivity index (χ1n) is 6.90. The molecule has 0 saturated carbocycles. The van der Waals surface area contributed by atoms with Crippen LogP contribution < -0.4 is 10.0 Å². The summed E-state index contributed by atoms with van der Waals surface area (Å²) in [4.78, 5) is 12.4. The highest BCUT2D eigenvalue weighted by Crippen LogP contribution is 2.21. The van der Waals surface area contributed by atoms with E-state index in [2.05, 4.69) is 26.0 Å². The monoisotopic (exact) mass is 396 g/mol. The third-order valence-corrected chi connectivity index (χ3v) is 5.44. The second kappa shape index (κ2) is 7.25. The molecule has 0 aromatic heterocycles. The van der Waals surface area contributed by atoms with E-state index in [0.717, 1.165) is 11.1 Å². The lowest BCUT2D eigenvalue weighted by atomic mass is 10.1. The maximum Gasteiger partial charge on any atom is 0.252 e. The number of amides is 1. The van der Waals surface area contributed by atoms with Gasteiger partial charge in [-0.15, -0.1) is 0 Å². The molecule has 7 heteroatoms. The van der Waals surface area contributed by atoms with E-state index >= 15 is 0 Å². The number of aryl methyl sites for hydroxylation is 1. The van der Waals surface area contributed by atoms with Gasteiger partial charge in [-0.3, -0.25) is 4.79 Å². The zero-order valence-electron chi connectivity index (χ0n) is 12.8. The molecular formula is C16H17BrN2O3S. The predicted molar refractivity (Wildman–Crippen MR) is 92.7 cm³/mol. The minimum absolute atomic E-state index is 0.0451. The van der Waals surface area contributed by atoms with Gasteiger partial charge in [0.15, 0.2) is 0 Å². The van der Waals surface area contributed by atoms with Crippen molar-refractivity contribution in [3.63, 3.8) is 0 Å². The molecule has 5 nitrogen and oxygen atoms in total. The minimum Gasteiger partial charge on any atom is -0.348 e. The molecule has 0 aliphatic carbocycles. The SMILES string of the molecule is CNS(=O)(=O)c1ccc(Br)c(C(=O)NCc2ccc(C)cc2)c1. The van der Waals surface area contributed by atoms with Crippen LogP contribution in [0.4, 0.5) is 0 Å². The molecule has 23 heavy (non-hydrogen) atoms. The number of hydrogen-bond donors (Lipinski definition) is 2. The third-order valence-electron chi connectivity index (χ3n) is 3.34. The molecule has 0 atom stereocenters. The van der Waals surface area contributed by atoms with Crippen LogP contribution in [0.2, 0.25) is 0 Å². The number of rotatable bonds is 5. The molecule has 0 radical (unpaired) electrons. The summed E-state index contributed by atoms with van der Waals surface area (Å²) in [5.74, 6) is -0.342. The maximum absolute atomic E-state index is 12.3. The van der Waals surface area contributed by atoms with Crippen LogP contribution in [0, 0.1) is 6.92 Å². The van der Waals surface area contributed by atoms with Crippen LogP contribution in [0.5, 0.6) is 0 Å². The van der Waals surface area contributed by atoms with Gasteiger partial charge in [-0.05, 0) is 53.7 Å². The molecule has 2 rings (SSSR count). The van der Waals surface area contributed by atoms with Gasteiger partial charge < -0.3 is 5.32 Å². The largest absolute Gasteiger partial charge is 0.348 e. The van der Waals surface area contributed by atoms with Gasteiger partial charge in [0.05, 0.1) is 10.5 Å². The van der Waals surface area contributed by atoms with Crippen molar-refractivity contribution in [2.24, 2.45) is 0 Å². The Morgan fingerprint density at radius 3 is 2.39 bits per heavy atom. The fourth-order valence-corrected chi connectivity index (χ4v) is 3.13. The van der Waals surface area contributed by atoms with Gasteiger partial charge in [0.25, 0.3) is 5.91 Å². The standard InChI is InChI=1S/C16H17BrN2O3S/c1-11-3-5-12(6-4-11)10-19-16(20)14-9-13(7-8-15(14)17)23(21,22)18-2/h3-9,18H,10H2,1-2H3,(H,19,20). The summed E-state index contributed by atoms with van der Waals surface area (Å²) < 4.78 is 26.4. The highest BCUT2D eigenvalue weighted by atomic mass is 79.9. The van der Waals surface area contributed by atoms with Crippen LogP contribution in [-0.2, 0) is 16.6 Å². The summed E-state index contributed by atoms with van der Waals surface area (Å²) in [6.45, 7) is 2.36. The topological polar surface area (TPSA) is 75.3 Å². The van der Waals surface area contributed by atoms with E-state index in [1.54, 1.807) is 6.07 Å². The van der Waals surface area contributed by atoms with Crippen molar-refractivity contribution in [2.75, 3.05) is 7.05 Å². The third kappa shape index (κ3) is 4.40. The van der Waals surface area contributed by atoms with Crippen LogP contribution in [0.25, 0.3) is 0 Å². The van der Waals surface area contributed by atoms with Crippen molar-refractivity contribution in [3.8, 4) is 0 Å². The van der Waals surface area contributed by atoms with E-state index in [1.807, 2.05) is 31.2 Å². The van der Waals surface area contributed by atoms with Crippen LogP contribution in [-0.4, -0.2) is 21.4 Å².